The number of para-hydroxylation sites is 2. The lowest BCUT2D eigenvalue weighted by atomic mass is 9.51. The third-order valence-electron chi connectivity index (χ3n) is 8.20. The van der Waals surface area contributed by atoms with E-state index < -0.39 is 34.7 Å². The molecule has 1 N–H and O–H groups in total. The van der Waals surface area contributed by atoms with E-state index in [9.17, 15) is 24.3 Å². The summed E-state index contributed by atoms with van der Waals surface area (Å²) in [6, 6.07) is 14.9. The Balaban J connectivity index is 1.61. The molecule has 3 aliphatic rings. The highest BCUT2D eigenvalue weighted by Gasteiger charge is 2.59. The standard InChI is InChI=1S/C28H25N3O5/c1-16-14-23(33)28(2)20(25(16)34)15-21-18(24(28)19-10-6-7-11-22(19)32)12-13-29-26(35)30(27(36)31(21)29)17-8-4-3-5-9-17/h3-12,14,20-21,24,32H,13,15H2,1-2H3/t20-,21+,24+,28-/m0/s1. The van der Waals surface area contributed by atoms with E-state index in [1.54, 1.807) is 62.4 Å². The Morgan fingerprint density at radius 3 is 2.36 bits per heavy atom. The molecule has 1 fully saturated rings. The Labute approximate surface area is 206 Å². The summed E-state index contributed by atoms with van der Waals surface area (Å²) in [6.07, 6.45) is 3.49. The first-order valence-corrected chi connectivity index (χ1v) is 12.0. The molecule has 8 nitrogen and oxygen atoms in total. The molecule has 182 valence electrons. The van der Waals surface area contributed by atoms with E-state index in [-0.39, 0.29) is 30.3 Å². The van der Waals surface area contributed by atoms with Gasteiger partial charge in [0.15, 0.2) is 11.6 Å². The second-order valence-electron chi connectivity index (χ2n) is 10.0. The Kier molecular flexibility index (Phi) is 4.73. The molecule has 36 heavy (non-hydrogen) atoms. The summed E-state index contributed by atoms with van der Waals surface area (Å²) in [5, 5.41) is 10.8. The third kappa shape index (κ3) is 2.81. The second-order valence-corrected chi connectivity index (χ2v) is 10.0. The molecule has 0 spiro atoms. The minimum absolute atomic E-state index is 0.0210. The van der Waals surface area contributed by atoms with E-state index >= 15 is 0 Å². The molecular weight excluding hydrogens is 458 g/mol. The van der Waals surface area contributed by atoms with Crippen LogP contribution in [0.3, 0.4) is 0 Å². The van der Waals surface area contributed by atoms with Crippen molar-refractivity contribution in [3.63, 3.8) is 0 Å². The van der Waals surface area contributed by atoms with Gasteiger partial charge in [0.05, 0.1) is 23.7 Å². The minimum atomic E-state index is -1.13. The lowest BCUT2D eigenvalue weighted by Gasteiger charge is -2.52. The van der Waals surface area contributed by atoms with Gasteiger partial charge in [-0.2, -0.15) is 0 Å². The molecule has 0 saturated heterocycles. The minimum Gasteiger partial charge on any atom is -0.508 e. The number of phenolic OH excluding ortho intramolecular Hbond substituents is 1. The first-order valence-electron chi connectivity index (χ1n) is 12.0. The van der Waals surface area contributed by atoms with Crippen LogP contribution in [0.4, 0.5) is 0 Å². The number of ketones is 2. The van der Waals surface area contributed by atoms with Crippen LogP contribution in [0.5, 0.6) is 5.75 Å². The first-order chi connectivity index (χ1) is 17.2. The van der Waals surface area contributed by atoms with E-state index in [2.05, 4.69) is 0 Å². The second kappa shape index (κ2) is 7.65. The van der Waals surface area contributed by atoms with Gasteiger partial charge in [0.25, 0.3) is 0 Å². The number of benzene rings is 2. The maximum Gasteiger partial charge on any atom is 0.352 e. The van der Waals surface area contributed by atoms with Crippen LogP contribution in [0, 0.1) is 11.3 Å². The van der Waals surface area contributed by atoms with Crippen LogP contribution in [0.2, 0.25) is 0 Å². The van der Waals surface area contributed by atoms with Crippen LogP contribution < -0.4 is 11.4 Å². The summed E-state index contributed by atoms with van der Waals surface area (Å²) < 4.78 is 3.97. The van der Waals surface area contributed by atoms with Crippen molar-refractivity contribution in [2.45, 2.75) is 38.8 Å². The summed E-state index contributed by atoms with van der Waals surface area (Å²) >= 11 is 0. The van der Waals surface area contributed by atoms with Gasteiger partial charge in [-0.1, -0.05) is 49.4 Å². The summed E-state index contributed by atoms with van der Waals surface area (Å²) in [6.45, 7) is 3.56. The molecule has 1 saturated carbocycles. The molecule has 0 bridgehead atoms. The van der Waals surface area contributed by atoms with Crippen LogP contribution in [0.25, 0.3) is 5.69 Å². The van der Waals surface area contributed by atoms with Crippen molar-refractivity contribution < 1.29 is 14.7 Å². The quantitative estimate of drug-likeness (QED) is 0.565. The zero-order valence-electron chi connectivity index (χ0n) is 19.9. The fourth-order valence-electron chi connectivity index (χ4n) is 6.42. The van der Waals surface area contributed by atoms with Gasteiger partial charge in [0.2, 0.25) is 0 Å². The van der Waals surface area contributed by atoms with Crippen molar-refractivity contribution in [1.82, 2.24) is 13.9 Å². The molecule has 8 heteroatoms. The number of nitrogens with zero attached hydrogens (tertiary/aromatic N) is 3. The Morgan fingerprint density at radius 1 is 0.944 bits per heavy atom. The number of Topliss-reactive ketones (excluding diaryl/α,β-unsaturated/α-hetero) is 1. The predicted molar refractivity (Wildman–Crippen MR) is 132 cm³/mol. The van der Waals surface area contributed by atoms with Gasteiger partial charge in [-0.05, 0) is 48.8 Å². The molecule has 2 heterocycles. The third-order valence-corrected chi connectivity index (χ3v) is 8.20. The number of carbonyl (C=O) groups is 2. The number of allylic oxidation sites excluding steroid dienone is 4. The van der Waals surface area contributed by atoms with Gasteiger partial charge in [0, 0.05) is 17.4 Å². The molecule has 2 aromatic carbocycles. The van der Waals surface area contributed by atoms with E-state index in [4.69, 9.17) is 0 Å². The van der Waals surface area contributed by atoms with Crippen LogP contribution in [0.15, 0.2) is 87.5 Å². The zero-order valence-corrected chi connectivity index (χ0v) is 19.9. The van der Waals surface area contributed by atoms with E-state index in [1.165, 1.54) is 15.4 Å². The van der Waals surface area contributed by atoms with Crippen molar-refractivity contribution in [3.8, 4) is 11.4 Å². The Bertz CT molecular complexity index is 1620. The van der Waals surface area contributed by atoms with E-state index in [0.29, 0.717) is 16.8 Å². The topological polar surface area (TPSA) is 103 Å². The summed E-state index contributed by atoms with van der Waals surface area (Å²) in [5.74, 6) is -1.65. The highest BCUT2D eigenvalue weighted by atomic mass is 16.3. The molecule has 0 amide bonds. The number of aromatic nitrogens is 3. The highest BCUT2D eigenvalue weighted by molar-refractivity contribution is 6.13. The number of rotatable bonds is 2. The smallest absolute Gasteiger partial charge is 0.352 e. The summed E-state index contributed by atoms with van der Waals surface area (Å²) in [4.78, 5) is 54.1. The molecule has 0 unspecified atom stereocenters. The normalized spacial score (nSPS) is 27.0. The largest absolute Gasteiger partial charge is 0.508 e. The number of hydrogen-bond acceptors (Lipinski definition) is 5. The van der Waals surface area contributed by atoms with Crippen LogP contribution in [-0.4, -0.2) is 30.6 Å². The monoisotopic (exact) mass is 483 g/mol. The van der Waals surface area contributed by atoms with Crippen molar-refractivity contribution >= 4 is 11.6 Å². The van der Waals surface area contributed by atoms with E-state index in [0.717, 1.165) is 10.1 Å². The van der Waals surface area contributed by atoms with Crippen molar-refractivity contribution in [1.29, 1.82) is 0 Å². The van der Waals surface area contributed by atoms with Crippen LogP contribution in [-0.2, 0) is 16.1 Å². The van der Waals surface area contributed by atoms with Crippen LogP contribution >= 0.6 is 0 Å². The van der Waals surface area contributed by atoms with Crippen molar-refractivity contribution in [2.75, 3.05) is 0 Å². The summed E-state index contributed by atoms with van der Waals surface area (Å²) in [5.41, 5.74) is 0.0426. The maximum atomic E-state index is 13.7. The SMILES string of the molecule is CC1=CC(=O)[C@@]2(C)[C@@H](c3ccccc3O)C3=CCn4c(=O)n(-c5ccccc5)c(=O)n4[C@@H]3C[C@H]2C1=O. The molecule has 2 aliphatic carbocycles. The summed E-state index contributed by atoms with van der Waals surface area (Å²) in [7, 11) is 0. The number of carbonyl (C=O) groups excluding carboxylic acids is 2. The van der Waals surface area contributed by atoms with Gasteiger partial charge in [0.1, 0.15) is 5.75 Å². The van der Waals surface area contributed by atoms with Gasteiger partial charge < -0.3 is 5.11 Å². The fourth-order valence-corrected chi connectivity index (χ4v) is 6.42. The lowest BCUT2D eigenvalue weighted by Crippen LogP contribution is -2.54. The lowest BCUT2D eigenvalue weighted by molar-refractivity contribution is -0.139. The van der Waals surface area contributed by atoms with Gasteiger partial charge in [-0.25, -0.2) is 23.5 Å². The fraction of sp³-hybridized carbons (Fsp3) is 0.286. The molecule has 3 aromatic rings. The highest BCUT2D eigenvalue weighted by Crippen LogP contribution is 2.60. The number of phenols is 1. The molecule has 4 atom stereocenters. The maximum absolute atomic E-state index is 13.7. The average Bonchev–Trinajstić information content (AvgIpc) is 3.13. The molecule has 6 rings (SSSR count). The number of aromatic hydroxyl groups is 1. The average molecular weight is 484 g/mol. The Morgan fingerprint density at radius 2 is 1.64 bits per heavy atom. The van der Waals surface area contributed by atoms with Gasteiger partial charge in [-0.3, -0.25) is 9.59 Å². The predicted octanol–water partition coefficient (Wildman–Crippen LogP) is 2.90. The first kappa shape index (κ1) is 22.3. The van der Waals surface area contributed by atoms with Crippen LogP contribution in [0.1, 0.15) is 37.8 Å². The zero-order chi connectivity index (χ0) is 25.4. The number of fused-ring (bicyclic) bond motifs is 4. The van der Waals surface area contributed by atoms with Gasteiger partial charge >= 0.3 is 11.4 Å². The van der Waals surface area contributed by atoms with Crippen molar-refractivity contribution in [3.05, 3.63) is 104 Å². The molecule has 1 aliphatic heterocycles. The molecular formula is C28H25N3O5. The molecule has 1 aromatic heterocycles. The number of hydrogen-bond donors (Lipinski definition) is 1. The van der Waals surface area contributed by atoms with Gasteiger partial charge in [-0.15, -0.1) is 0 Å². The van der Waals surface area contributed by atoms with E-state index in [1.807, 2.05) is 12.1 Å². The van der Waals surface area contributed by atoms with Crippen molar-refractivity contribution in [2.24, 2.45) is 11.3 Å². The Hall–Kier alpha value is -4.20. The molecule has 0 radical (unpaired) electrons.